The molecule has 2 rings (SSSR count). The zero-order valence-electron chi connectivity index (χ0n) is 13.2. The van der Waals surface area contributed by atoms with Crippen LogP contribution in [0.15, 0.2) is 24.3 Å². The predicted molar refractivity (Wildman–Crippen MR) is 84.0 cm³/mol. The van der Waals surface area contributed by atoms with E-state index in [2.05, 4.69) is 10.6 Å². The molecule has 1 aromatic rings. The topological polar surface area (TPSA) is 148 Å². The molecule has 1 fully saturated rings. The minimum absolute atomic E-state index is 0.00178. The molecule has 0 saturated carbocycles. The van der Waals surface area contributed by atoms with E-state index in [1.165, 1.54) is 24.3 Å². The predicted octanol–water partition coefficient (Wildman–Crippen LogP) is 0.0746. The Balaban J connectivity index is 1.81. The summed E-state index contributed by atoms with van der Waals surface area (Å²) in [6.45, 7) is 0.158. The number of carbonyl (C=O) groups excluding carboxylic acids is 2. The van der Waals surface area contributed by atoms with Crippen LogP contribution in [0, 0.1) is 10.1 Å². The van der Waals surface area contributed by atoms with Crippen molar-refractivity contribution in [1.29, 1.82) is 0 Å². The fraction of sp³-hybridized carbons (Fsp3) is 0.400. The van der Waals surface area contributed by atoms with Gasteiger partial charge in [0.2, 0.25) is 5.91 Å². The summed E-state index contributed by atoms with van der Waals surface area (Å²) in [5.74, 6) is -2.16. The van der Waals surface area contributed by atoms with Crippen LogP contribution in [0.5, 0.6) is 0 Å². The third-order valence-electron chi connectivity index (χ3n) is 3.79. The molecule has 1 unspecified atom stereocenters. The van der Waals surface area contributed by atoms with Gasteiger partial charge in [0, 0.05) is 43.7 Å². The van der Waals surface area contributed by atoms with Crippen LogP contribution in [-0.4, -0.2) is 53.1 Å². The Hall–Kier alpha value is -3.01. The first-order valence-electron chi connectivity index (χ1n) is 7.49. The lowest BCUT2D eigenvalue weighted by Crippen LogP contribution is -2.55. The Bertz CT molecular complexity index is 681. The Kier molecular flexibility index (Phi) is 5.65. The van der Waals surface area contributed by atoms with E-state index in [1.54, 1.807) is 0 Å². The van der Waals surface area contributed by atoms with Crippen molar-refractivity contribution >= 4 is 23.5 Å². The molecular formula is C15H17N3O7. The summed E-state index contributed by atoms with van der Waals surface area (Å²) >= 11 is 0. The van der Waals surface area contributed by atoms with Crippen molar-refractivity contribution in [3.63, 3.8) is 0 Å². The van der Waals surface area contributed by atoms with Crippen LogP contribution in [0.1, 0.15) is 23.2 Å². The molecule has 1 atom stereocenters. The zero-order chi connectivity index (χ0) is 18.4. The molecule has 0 radical (unpaired) electrons. The average Bonchev–Trinajstić information content (AvgIpc) is 3.04. The zero-order valence-corrected chi connectivity index (χ0v) is 13.2. The third kappa shape index (κ3) is 4.51. The van der Waals surface area contributed by atoms with Gasteiger partial charge in [0.05, 0.1) is 11.5 Å². The van der Waals surface area contributed by atoms with E-state index in [-0.39, 0.29) is 43.9 Å². The second kappa shape index (κ2) is 7.71. The lowest BCUT2D eigenvalue weighted by atomic mass is 9.99. The number of hydrogen-bond acceptors (Lipinski definition) is 6. The van der Waals surface area contributed by atoms with Gasteiger partial charge in [-0.05, 0) is 12.1 Å². The summed E-state index contributed by atoms with van der Waals surface area (Å²) in [6.07, 6.45) is 0.0803. The van der Waals surface area contributed by atoms with E-state index >= 15 is 0 Å². The van der Waals surface area contributed by atoms with Crippen LogP contribution in [-0.2, 0) is 14.3 Å². The van der Waals surface area contributed by atoms with Gasteiger partial charge in [-0.3, -0.25) is 19.7 Å². The van der Waals surface area contributed by atoms with Crippen LogP contribution in [0.25, 0.3) is 0 Å². The number of rotatable bonds is 7. The quantitative estimate of drug-likeness (QED) is 0.465. The molecule has 0 bridgehead atoms. The monoisotopic (exact) mass is 351 g/mol. The van der Waals surface area contributed by atoms with Gasteiger partial charge in [-0.15, -0.1) is 0 Å². The van der Waals surface area contributed by atoms with Crippen molar-refractivity contribution in [3.8, 4) is 0 Å². The number of ether oxygens (including phenoxy) is 1. The van der Waals surface area contributed by atoms with Crippen LogP contribution >= 0.6 is 0 Å². The molecule has 1 aromatic carbocycles. The minimum Gasteiger partial charge on any atom is -0.479 e. The molecule has 0 aromatic heterocycles. The summed E-state index contributed by atoms with van der Waals surface area (Å²) in [6, 6.07) is 5.03. The summed E-state index contributed by atoms with van der Waals surface area (Å²) in [7, 11) is 0. The van der Waals surface area contributed by atoms with Crippen molar-refractivity contribution in [2.45, 2.75) is 18.4 Å². The number of carbonyl (C=O) groups is 3. The van der Waals surface area contributed by atoms with E-state index in [0.717, 1.165) is 0 Å². The van der Waals surface area contributed by atoms with Crippen LogP contribution in [0.2, 0.25) is 0 Å². The Morgan fingerprint density at radius 1 is 1.28 bits per heavy atom. The SMILES string of the molecule is O=C(CCNC(=O)c1ccc([N+](=O)[O-])cc1)NC1(C(=O)O)CCOC1. The van der Waals surface area contributed by atoms with E-state index < -0.39 is 28.2 Å². The second-order valence-electron chi connectivity index (χ2n) is 5.55. The van der Waals surface area contributed by atoms with Crippen molar-refractivity contribution in [2.24, 2.45) is 0 Å². The van der Waals surface area contributed by atoms with Gasteiger partial charge in [-0.1, -0.05) is 0 Å². The van der Waals surface area contributed by atoms with Crippen LogP contribution in [0.3, 0.4) is 0 Å². The highest BCUT2D eigenvalue weighted by molar-refractivity contribution is 5.94. The highest BCUT2D eigenvalue weighted by Crippen LogP contribution is 2.19. The standard InChI is InChI=1S/C15H17N3O7/c19-12(17-15(14(21)22)6-8-25-9-15)5-7-16-13(20)10-1-3-11(4-2-10)18(23)24/h1-4H,5-9H2,(H,16,20)(H,17,19)(H,21,22). The molecule has 1 aliphatic heterocycles. The highest BCUT2D eigenvalue weighted by Gasteiger charge is 2.43. The molecule has 134 valence electrons. The first-order valence-corrected chi connectivity index (χ1v) is 7.49. The molecule has 2 amide bonds. The molecular weight excluding hydrogens is 334 g/mol. The second-order valence-corrected chi connectivity index (χ2v) is 5.55. The molecule has 1 saturated heterocycles. The maximum Gasteiger partial charge on any atom is 0.331 e. The molecule has 0 aliphatic carbocycles. The average molecular weight is 351 g/mol. The smallest absolute Gasteiger partial charge is 0.331 e. The van der Waals surface area contributed by atoms with E-state index in [9.17, 15) is 29.6 Å². The lowest BCUT2D eigenvalue weighted by molar-refractivity contribution is -0.384. The minimum atomic E-state index is -1.42. The number of nitro groups is 1. The molecule has 25 heavy (non-hydrogen) atoms. The van der Waals surface area contributed by atoms with Crippen molar-refractivity contribution in [1.82, 2.24) is 10.6 Å². The van der Waals surface area contributed by atoms with Gasteiger partial charge in [-0.2, -0.15) is 0 Å². The van der Waals surface area contributed by atoms with Gasteiger partial charge in [0.15, 0.2) is 5.54 Å². The highest BCUT2D eigenvalue weighted by atomic mass is 16.6. The Morgan fingerprint density at radius 2 is 1.96 bits per heavy atom. The fourth-order valence-corrected chi connectivity index (χ4v) is 2.34. The molecule has 0 spiro atoms. The number of nitrogens with zero attached hydrogens (tertiary/aromatic N) is 1. The van der Waals surface area contributed by atoms with Crippen molar-refractivity contribution in [2.75, 3.05) is 19.8 Å². The first kappa shape index (κ1) is 18.3. The van der Waals surface area contributed by atoms with E-state index in [0.29, 0.717) is 0 Å². The Morgan fingerprint density at radius 3 is 2.48 bits per heavy atom. The number of carboxylic acid groups (broad SMARTS) is 1. The number of amides is 2. The number of benzene rings is 1. The molecule has 10 heteroatoms. The van der Waals surface area contributed by atoms with Gasteiger partial charge in [-0.25, -0.2) is 4.79 Å². The van der Waals surface area contributed by atoms with Gasteiger partial charge >= 0.3 is 5.97 Å². The van der Waals surface area contributed by atoms with E-state index in [1.807, 2.05) is 0 Å². The summed E-state index contributed by atoms with van der Waals surface area (Å²) < 4.78 is 5.04. The van der Waals surface area contributed by atoms with Crippen LogP contribution < -0.4 is 10.6 Å². The van der Waals surface area contributed by atoms with E-state index in [4.69, 9.17) is 4.74 Å². The van der Waals surface area contributed by atoms with Gasteiger partial charge in [0.1, 0.15) is 0 Å². The number of hydrogen-bond donors (Lipinski definition) is 3. The van der Waals surface area contributed by atoms with Gasteiger partial charge in [0.25, 0.3) is 11.6 Å². The normalized spacial score (nSPS) is 19.2. The number of carboxylic acids is 1. The first-order chi connectivity index (χ1) is 11.8. The third-order valence-corrected chi connectivity index (χ3v) is 3.79. The maximum atomic E-state index is 11.9. The summed E-state index contributed by atoms with van der Waals surface area (Å²) in [5, 5.41) is 24.7. The number of nitrogens with one attached hydrogen (secondary N) is 2. The summed E-state index contributed by atoms with van der Waals surface area (Å²) in [4.78, 5) is 45.1. The fourth-order valence-electron chi connectivity index (χ4n) is 2.34. The molecule has 10 nitrogen and oxygen atoms in total. The molecule has 3 N–H and O–H groups in total. The molecule has 1 aliphatic rings. The largest absolute Gasteiger partial charge is 0.479 e. The maximum absolute atomic E-state index is 11.9. The van der Waals surface area contributed by atoms with Crippen LogP contribution in [0.4, 0.5) is 5.69 Å². The van der Waals surface area contributed by atoms with Crippen molar-refractivity contribution in [3.05, 3.63) is 39.9 Å². The lowest BCUT2D eigenvalue weighted by Gasteiger charge is -2.23. The Labute approximate surface area is 142 Å². The van der Waals surface area contributed by atoms with Gasteiger partial charge < -0.3 is 20.5 Å². The summed E-state index contributed by atoms with van der Waals surface area (Å²) in [5.41, 5.74) is -1.33. The number of aliphatic carboxylic acids is 1. The molecule has 1 heterocycles. The number of non-ortho nitro benzene ring substituents is 1. The van der Waals surface area contributed by atoms with Crippen molar-refractivity contribution < 1.29 is 29.2 Å². The number of nitro benzene ring substituents is 1.